The number of amides is 1. The number of carbonyl (C=O) groups excluding carboxylic acids is 1. The van der Waals surface area contributed by atoms with Crippen molar-refractivity contribution in [2.75, 3.05) is 45.2 Å². The molecule has 2 unspecified atom stereocenters. The number of rotatable bonds is 7. The molecule has 0 bridgehead atoms. The molecule has 2 aliphatic heterocycles. The normalized spacial score (nSPS) is 20.2. The topological polar surface area (TPSA) is 116 Å². The van der Waals surface area contributed by atoms with E-state index in [0.29, 0.717) is 47.9 Å². The van der Waals surface area contributed by atoms with E-state index in [4.69, 9.17) is 19.2 Å². The van der Waals surface area contributed by atoms with Gasteiger partial charge in [-0.05, 0) is 32.4 Å². The molecule has 1 aromatic carbocycles. The summed E-state index contributed by atoms with van der Waals surface area (Å²) in [6.45, 7) is 8.93. The fraction of sp³-hybridized carbons (Fsp3) is 0.480. The molecule has 0 aliphatic carbocycles. The van der Waals surface area contributed by atoms with Gasteiger partial charge < -0.3 is 19.5 Å². The maximum absolute atomic E-state index is 12.7. The Morgan fingerprint density at radius 2 is 2.00 bits per heavy atom. The van der Waals surface area contributed by atoms with Gasteiger partial charge in [-0.15, -0.1) is 0 Å². The van der Waals surface area contributed by atoms with Gasteiger partial charge in [0, 0.05) is 50.5 Å². The van der Waals surface area contributed by atoms with E-state index in [9.17, 15) is 4.79 Å². The highest BCUT2D eigenvalue weighted by molar-refractivity contribution is 5.96. The minimum Gasteiger partial charge on any atom is -0.491 e. The Balaban J connectivity index is 1.40. The number of fused-ring (bicyclic) bond motifs is 3. The van der Waals surface area contributed by atoms with Crippen LogP contribution in [0.15, 0.2) is 35.8 Å². The van der Waals surface area contributed by atoms with E-state index in [0.717, 1.165) is 37.3 Å². The number of ether oxygens (including phenoxy) is 3. The quantitative estimate of drug-likeness (QED) is 0.493. The van der Waals surface area contributed by atoms with Gasteiger partial charge in [-0.2, -0.15) is 4.99 Å². The third kappa shape index (κ3) is 5.02. The van der Waals surface area contributed by atoms with Crippen molar-refractivity contribution in [3.05, 3.63) is 42.0 Å². The minimum absolute atomic E-state index is 0.246. The van der Waals surface area contributed by atoms with Gasteiger partial charge in [0.25, 0.3) is 5.91 Å². The summed E-state index contributed by atoms with van der Waals surface area (Å²) in [7, 11) is 1.59. The second-order valence-electron chi connectivity index (χ2n) is 9.09. The first-order chi connectivity index (χ1) is 17.5. The molecule has 0 spiro atoms. The van der Waals surface area contributed by atoms with Crippen LogP contribution in [0.3, 0.4) is 0 Å². The SMILES string of the molecule is COc1c(OCCCN2CC(C)OC(C)C2)ccc2c3n(c(=NC(=O)c4cncnc4)nc12)CCN3. The summed E-state index contributed by atoms with van der Waals surface area (Å²) in [5.74, 6) is 1.52. The number of morpholine rings is 1. The monoisotopic (exact) mass is 493 g/mol. The number of methoxy groups -OCH3 is 1. The number of hydrogen-bond donors (Lipinski definition) is 1. The Labute approximate surface area is 209 Å². The van der Waals surface area contributed by atoms with E-state index in [1.807, 2.05) is 16.7 Å². The molecular formula is C25H31N7O4. The van der Waals surface area contributed by atoms with E-state index in [1.165, 1.54) is 18.7 Å². The standard InChI is InChI=1S/C25H31N7O4/c1-16-13-31(14-17(2)36-16)8-4-10-35-20-6-5-19-21(22(20)34-3)29-25(32-9-7-28-23(19)32)30-24(33)18-11-26-15-27-12-18/h5-6,11-12,15-17,28H,4,7-10,13-14H2,1-3H3. The average molecular weight is 494 g/mol. The minimum atomic E-state index is -0.456. The molecule has 2 atom stereocenters. The van der Waals surface area contributed by atoms with Crippen molar-refractivity contribution in [3.63, 3.8) is 0 Å². The second-order valence-corrected chi connectivity index (χ2v) is 9.09. The zero-order chi connectivity index (χ0) is 25.1. The molecule has 0 radical (unpaired) electrons. The van der Waals surface area contributed by atoms with Gasteiger partial charge >= 0.3 is 0 Å². The predicted octanol–water partition coefficient (Wildman–Crippen LogP) is 1.88. The Morgan fingerprint density at radius 1 is 1.22 bits per heavy atom. The van der Waals surface area contributed by atoms with E-state index in [-0.39, 0.29) is 12.2 Å². The number of benzene rings is 1. The highest BCUT2D eigenvalue weighted by Gasteiger charge is 2.23. The molecule has 11 heteroatoms. The Kier molecular flexibility index (Phi) is 7.10. The molecule has 1 fully saturated rings. The lowest BCUT2D eigenvalue weighted by Crippen LogP contribution is -2.45. The van der Waals surface area contributed by atoms with Gasteiger partial charge in [-0.3, -0.25) is 14.3 Å². The van der Waals surface area contributed by atoms with Crippen LogP contribution in [0, 0.1) is 0 Å². The molecule has 3 aromatic rings. The van der Waals surface area contributed by atoms with Crippen molar-refractivity contribution in [3.8, 4) is 11.5 Å². The first-order valence-electron chi connectivity index (χ1n) is 12.2. The highest BCUT2D eigenvalue weighted by atomic mass is 16.5. The molecule has 4 heterocycles. The van der Waals surface area contributed by atoms with E-state index < -0.39 is 5.91 Å². The smallest absolute Gasteiger partial charge is 0.283 e. The van der Waals surface area contributed by atoms with Gasteiger partial charge in [-0.25, -0.2) is 15.0 Å². The molecule has 2 aromatic heterocycles. The largest absolute Gasteiger partial charge is 0.491 e. The molecule has 1 amide bonds. The molecule has 1 N–H and O–H groups in total. The summed E-state index contributed by atoms with van der Waals surface area (Å²) >= 11 is 0. The lowest BCUT2D eigenvalue weighted by molar-refractivity contribution is -0.0686. The fourth-order valence-corrected chi connectivity index (χ4v) is 4.85. The lowest BCUT2D eigenvalue weighted by Gasteiger charge is -2.35. The van der Waals surface area contributed by atoms with Crippen LogP contribution in [-0.4, -0.2) is 82.4 Å². The zero-order valence-corrected chi connectivity index (χ0v) is 20.8. The summed E-state index contributed by atoms with van der Waals surface area (Å²) in [5.41, 5.74) is 1.18. The van der Waals surface area contributed by atoms with Crippen LogP contribution in [0.2, 0.25) is 0 Å². The molecule has 5 rings (SSSR count). The Bertz CT molecular complexity index is 1300. The van der Waals surface area contributed by atoms with Crippen molar-refractivity contribution >= 4 is 22.6 Å². The molecular weight excluding hydrogens is 462 g/mol. The van der Waals surface area contributed by atoms with Crippen LogP contribution < -0.4 is 20.4 Å². The summed E-state index contributed by atoms with van der Waals surface area (Å²) in [6, 6.07) is 3.87. The molecule has 1 saturated heterocycles. The first-order valence-corrected chi connectivity index (χ1v) is 12.2. The zero-order valence-electron chi connectivity index (χ0n) is 20.8. The maximum Gasteiger partial charge on any atom is 0.283 e. The molecule has 11 nitrogen and oxygen atoms in total. The number of anilines is 1. The van der Waals surface area contributed by atoms with Gasteiger partial charge in [0.2, 0.25) is 5.62 Å². The number of nitrogens with one attached hydrogen (secondary N) is 1. The third-order valence-corrected chi connectivity index (χ3v) is 6.29. The number of hydrogen-bond acceptors (Lipinski definition) is 9. The number of aromatic nitrogens is 4. The Hall–Kier alpha value is -3.57. The molecule has 36 heavy (non-hydrogen) atoms. The van der Waals surface area contributed by atoms with Crippen molar-refractivity contribution in [1.82, 2.24) is 24.4 Å². The summed E-state index contributed by atoms with van der Waals surface area (Å²) in [4.78, 5) is 32.0. The van der Waals surface area contributed by atoms with Gasteiger partial charge in [0.05, 0.1) is 31.5 Å². The maximum atomic E-state index is 12.7. The van der Waals surface area contributed by atoms with Gasteiger partial charge in [-0.1, -0.05) is 0 Å². The number of carbonyl (C=O) groups is 1. The van der Waals surface area contributed by atoms with E-state index in [2.05, 4.69) is 39.0 Å². The molecule has 190 valence electrons. The van der Waals surface area contributed by atoms with Gasteiger partial charge in [0.15, 0.2) is 11.5 Å². The van der Waals surface area contributed by atoms with Crippen LogP contribution in [0.1, 0.15) is 30.6 Å². The van der Waals surface area contributed by atoms with Crippen molar-refractivity contribution < 1.29 is 19.0 Å². The fourth-order valence-electron chi connectivity index (χ4n) is 4.85. The highest BCUT2D eigenvalue weighted by Crippen LogP contribution is 2.37. The molecule has 2 aliphatic rings. The first kappa shape index (κ1) is 24.1. The van der Waals surface area contributed by atoms with Crippen LogP contribution in [0.4, 0.5) is 5.82 Å². The lowest BCUT2D eigenvalue weighted by atomic mass is 10.2. The van der Waals surface area contributed by atoms with Crippen LogP contribution in [0.25, 0.3) is 10.9 Å². The number of nitrogens with zero attached hydrogens (tertiary/aromatic N) is 6. The summed E-state index contributed by atoms with van der Waals surface area (Å²) < 4.78 is 19.6. The van der Waals surface area contributed by atoms with E-state index in [1.54, 1.807) is 7.11 Å². The predicted molar refractivity (Wildman–Crippen MR) is 133 cm³/mol. The summed E-state index contributed by atoms with van der Waals surface area (Å²) in [6.07, 6.45) is 5.62. The van der Waals surface area contributed by atoms with Crippen LogP contribution >= 0.6 is 0 Å². The van der Waals surface area contributed by atoms with Crippen molar-refractivity contribution in [2.24, 2.45) is 4.99 Å². The summed E-state index contributed by atoms with van der Waals surface area (Å²) in [5, 5.41) is 4.26. The van der Waals surface area contributed by atoms with Gasteiger partial charge in [0.1, 0.15) is 17.7 Å². The second kappa shape index (κ2) is 10.6. The van der Waals surface area contributed by atoms with E-state index >= 15 is 0 Å². The van der Waals surface area contributed by atoms with Crippen LogP contribution in [0.5, 0.6) is 11.5 Å². The van der Waals surface area contributed by atoms with Crippen molar-refractivity contribution in [2.45, 2.75) is 39.0 Å². The van der Waals surface area contributed by atoms with Crippen LogP contribution in [-0.2, 0) is 11.3 Å². The van der Waals surface area contributed by atoms with Crippen molar-refractivity contribution in [1.29, 1.82) is 0 Å². The Morgan fingerprint density at radius 3 is 2.75 bits per heavy atom. The average Bonchev–Trinajstić information content (AvgIpc) is 3.37. The molecule has 0 saturated carbocycles. The third-order valence-electron chi connectivity index (χ3n) is 6.29.